The lowest BCUT2D eigenvalue weighted by molar-refractivity contribution is -0.145. The van der Waals surface area contributed by atoms with Gasteiger partial charge in [0, 0.05) is 12.3 Å². The Hall–Kier alpha value is -2.13. The minimum Gasteiger partial charge on any atom is -0.326 e. The van der Waals surface area contributed by atoms with E-state index in [4.69, 9.17) is 11.6 Å². The van der Waals surface area contributed by atoms with E-state index in [1.165, 1.54) is 0 Å². The van der Waals surface area contributed by atoms with Gasteiger partial charge in [0.2, 0.25) is 5.91 Å². The first-order valence-corrected chi connectivity index (χ1v) is 9.20. The van der Waals surface area contributed by atoms with Gasteiger partial charge in [-0.3, -0.25) is 9.59 Å². The molecular formula is C21H22ClNO2. The summed E-state index contributed by atoms with van der Waals surface area (Å²) in [6, 6.07) is 19.0. The molecule has 2 aromatic carbocycles. The second-order valence-corrected chi connectivity index (χ2v) is 6.67. The van der Waals surface area contributed by atoms with Crippen LogP contribution in [-0.2, 0) is 9.59 Å². The van der Waals surface area contributed by atoms with Crippen LogP contribution in [0.1, 0.15) is 43.0 Å². The number of amides is 1. The fourth-order valence-corrected chi connectivity index (χ4v) is 3.99. The standard InChI is InChI=1S/C21H22ClNO2/c1-2-17-19(24)13-18(15-9-5-3-6-10-15)23(20(25)14-22)21(17)16-11-7-4-8-12-16/h3-12,17-18,21H,2,13-14H2,1H3. The van der Waals surface area contributed by atoms with Crippen LogP contribution in [0.15, 0.2) is 60.7 Å². The van der Waals surface area contributed by atoms with Crippen LogP contribution < -0.4 is 0 Å². The maximum absolute atomic E-state index is 12.9. The number of carbonyl (C=O) groups excluding carboxylic acids is 2. The van der Waals surface area contributed by atoms with E-state index >= 15 is 0 Å². The Labute approximate surface area is 153 Å². The third kappa shape index (κ3) is 3.47. The Bertz CT molecular complexity index is 732. The lowest BCUT2D eigenvalue weighted by Gasteiger charge is -2.46. The number of benzene rings is 2. The zero-order valence-corrected chi connectivity index (χ0v) is 15.0. The predicted octanol–water partition coefficient (Wildman–Crippen LogP) is 4.54. The van der Waals surface area contributed by atoms with Crippen LogP contribution in [0, 0.1) is 5.92 Å². The summed E-state index contributed by atoms with van der Waals surface area (Å²) in [5, 5.41) is 0. The van der Waals surface area contributed by atoms with E-state index in [-0.39, 0.29) is 35.6 Å². The van der Waals surface area contributed by atoms with Gasteiger partial charge < -0.3 is 4.90 Å². The van der Waals surface area contributed by atoms with Crippen molar-refractivity contribution in [1.29, 1.82) is 0 Å². The van der Waals surface area contributed by atoms with Gasteiger partial charge in [-0.15, -0.1) is 11.6 Å². The summed E-state index contributed by atoms with van der Waals surface area (Å²) >= 11 is 5.94. The van der Waals surface area contributed by atoms with Crippen molar-refractivity contribution >= 4 is 23.3 Å². The van der Waals surface area contributed by atoms with Gasteiger partial charge in [0.25, 0.3) is 0 Å². The van der Waals surface area contributed by atoms with Gasteiger partial charge in [0.1, 0.15) is 11.7 Å². The maximum atomic E-state index is 12.9. The highest BCUT2D eigenvalue weighted by Crippen LogP contribution is 2.44. The fourth-order valence-electron chi connectivity index (χ4n) is 3.85. The van der Waals surface area contributed by atoms with Crippen LogP contribution in [0.3, 0.4) is 0 Å². The molecule has 1 aliphatic heterocycles. The molecule has 0 aliphatic carbocycles. The Kier molecular flexibility index (Phi) is 5.54. The first-order chi connectivity index (χ1) is 12.2. The van der Waals surface area contributed by atoms with Crippen LogP contribution in [0.25, 0.3) is 0 Å². The summed E-state index contributed by atoms with van der Waals surface area (Å²) in [6.07, 6.45) is 1.04. The van der Waals surface area contributed by atoms with E-state index in [2.05, 4.69) is 0 Å². The van der Waals surface area contributed by atoms with Crippen molar-refractivity contribution in [3.05, 3.63) is 71.8 Å². The Morgan fingerprint density at radius 3 is 2.12 bits per heavy atom. The van der Waals surface area contributed by atoms with Crippen LogP contribution >= 0.6 is 11.6 Å². The average Bonchev–Trinajstić information content (AvgIpc) is 2.67. The van der Waals surface area contributed by atoms with Gasteiger partial charge in [-0.1, -0.05) is 67.6 Å². The molecule has 1 saturated heterocycles. The minimum absolute atomic E-state index is 0.0860. The summed E-state index contributed by atoms with van der Waals surface area (Å²) in [5.41, 5.74) is 1.96. The van der Waals surface area contributed by atoms with Gasteiger partial charge in [-0.2, -0.15) is 0 Å². The first-order valence-electron chi connectivity index (χ1n) is 8.67. The molecule has 0 aromatic heterocycles. The number of halogens is 1. The van der Waals surface area contributed by atoms with E-state index in [9.17, 15) is 9.59 Å². The molecule has 3 unspecified atom stereocenters. The van der Waals surface area contributed by atoms with Crippen molar-refractivity contribution in [2.75, 3.05) is 5.88 Å². The summed E-state index contributed by atoms with van der Waals surface area (Å²) in [7, 11) is 0. The predicted molar refractivity (Wildman–Crippen MR) is 99.3 cm³/mol. The van der Waals surface area contributed by atoms with E-state index in [1.54, 1.807) is 0 Å². The molecule has 1 amide bonds. The van der Waals surface area contributed by atoms with Crippen LogP contribution in [-0.4, -0.2) is 22.5 Å². The molecule has 25 heavy (non-hydrogen) atoms. The van der Waals surface area contributed by atoms with Crippen molar-refractivity contribution in [3.8, 4) is 0 Å². The summed E-state index contributed by atoms with van der Waals surface area (Å²) in [4.78, 5) is 27.5. The highest BCUT2D eigenvalue weighted by Gasteiger charge is 2.44. The number of nitrogens with zero attached hydrogens (tertiary/aromatic N) is 1. The third-order valence-electron chi connectivity index (χ3n) is 4.99. The highest BCUT2D eigenvalue weighted by atomic mass is 35.5. The average molecular weight is 356 g/mol. The lowest BCUT2D eigenvalue weighted by Crippen LogP contribution is -2.48. The third-order valence-corrected chi connectivity index (χ3v) is 5.22. The molecule has 3 atom stereocenters. The van der Waals surface area contributed by atoms with Gasteiger partial charge in [-0.05, 0) is 17.5 Å². The van der Waals surface area contributed by atoms with E-state index in [0.29, 0.717) is 12.8 Å². The molecule has 0 spiro atoms. The molecule has 4 heteroatoms. The van der Waals surface area contributed by atoms with Crippen LogP contribution in [0.4, 0.5) is 0 Å². The van der Waals surface area contributed by atoms with Gasteiger partial charge in [-0.25, -0.2) is 0 Å². The molecule has 0 radical (unpaired) electrons. The van der Waals surface area contributed by atoms with Crippen molar-refractivity contribution in [1.82, 2.24) is 4.90 Å². The number of ketones is 1. The van der Waals surface area contributed by atoms with Crippen LogP contribution in [0.5, 0.6) is 0 Å². The van der Waals surface area contributed by atoms with Crippen molar-refractivity contribution in [2.45, 2.75) is 31.8 Å². The molecule has 0 saturated carbocycles. The normalized spacial score (nSPS) is 23.5. The molecule has 1 aliphatic rings. The Morgan fingerprint density at radius 2 is 1.60 bits per heavy atom. The SMILES string of the molecule is CCC1C(=O)CC(c2ccccc2)N(C(=O)CCl)C1c1ccccc1. The smallest absolute Gasteiger partial charge is 0.238 e. The number of rotatable bonds is 4. The van der Waals surface area contributed by atoms with Gasteiger partial charge in [0.15, 0.2) is 0 Å². The number of likely N-dealkylation sites (tertiary alicyclic amines) is 1. The van der Waals surface area contributed by atoms with Gasteiger partial charge in [0.05, 0.1) is 12.1 Å². The topological polar surface area (TPSA) is 37.4 Å². The second kappa shape index (κ2) is 7.83. The molecule has 2 aromatic rings. The number of piperidine rings is 1. The number of Topliss-reactive ketones (excluding diaryl/α,β-unsaturated/α-hetero) is 1. The molecule has 0 N–H and O–H groups in total. The minimum atomic E-state index is -0.274. The maximum Gasteiger partial charge on any atom is 0.238 e. The monoisotopic (exact) mass is 355 g/mol. The number of alkyl halides is 1. The summed E-state index contributed by atoms with van der Waals surface area (Å²) in [5.74, 6) is -0.203. The molecule has 1 fully saturated rings. The first kappa shape index (κ1) is 17.7. The number of hydrogen-bond donors (Lipinski definition) is 0. The van der Waals surface area contributed by atoms with E-state index in [0.717, 1.165) is 11.1 Å². The molecule has 3 rings (SSSR count). The number of hydrogen-bond acceptors (Lipinski definition) is 2. The van der Waals surface area contributed by atoms with Crippen LogP contribution in [0.2, 0.25) is 0 Å². The Morgan fingerprint density at radius 1 is 1.04 bits per heavy atom. The lowest BCUT2D eigenvalue weighted by atomic mass is 9.77. The highest BCUT2D eigenvalue weighted by molar-refractivity contribution is 6.27. The molecule has 1 heterocycles. The summed E-state index contributed by atoms with van der Waals surface area (Å²) < 4.78 is 0. The zero-order chi connectivity index (χ0) is 17.8. The largest absolute Gasteiger partial charge is 0.326 e. The zero-order valence-electron chi connectivity index (χ0n) is 14.3. The van der Waals surface area contributed by atoms with Crippen molar-refractivity contribution < 1.29 is 9.59 Å². The summed E-state index contributed by atoms with van der Waals surface area (Å²) in [6.45, 7) is 2.00. The second-order valence-electron chi connectivity index (χ2n) is 6.40. The quantitative estimate of drug-likeness (QED) is 0.755. The molecular weight excluding hydrogens is 334 g/mol. The fraction of sp³-hybridized carbons (Fsp3) is 0.333. The molecule has 0 bridgehead atoms. The Balaban J connectivity index is 2.12. The van der Waals surface area contributed by atoms with Crippen molar-refractivity contribution in [2.24, 2.45) is 5.92 Å². The van der Waals surface area contributed by atoms with E-state index in [1.807, 2.05) is 72.5 Å². The van der Waals surface area contributed by atoms with E-state index < -0.39 is 0 Å². The number of carbonyl (C=O) groups is 2. The van der Waals surface area contributed by atoms with Gasteiger partial charge >= 0.3 is 0 Å². The van der Waals surface area contributed by atoms with Crippen molar-refractivity contribution in [3.63, 3.8) is 0 Å². The molecule has 130 valence electrons. The molecule has 3 nitrogen and oxygen atoms in total.